The summed E-state index contributed by atoms with van der Waals surface area (Å²) in [4.78, 5) is 0. The molecular weight excluding hydrogens is 270 g/mol. The lowest BCUT2D eigenvalue weighted by Gasteiger charge is -2.09. The van der Waals surface area contributed by atoms with E-state index in [1.54, 1.807) is 0 Å². The van der Waals surface area contributed by atoms with Gasteiger partial charge in [-0.3, -0.25) is 4.68 Å². The Bertz CT molecular complexity index is 371. The Hall–Kier alpha value is -0.860. The van der Waals surface area contributed by atoms with Crippen molar-refractivity contribution in [3.8, 4) is 0 Å². The van der Waals surface area contributed by atoms with Crippen LogP contribution in [-0.2, 0) is 13.0 Å². The van der Waals surface area contributed by atoms with Gasteiger partial charge >= 0.3 is 0 Å². The van der Waals surface area contributed by atoms with E-state index in [1.165, 1.54) is 57.8 Å². The summed E-state index contributed by atoms with van der Waals surface area (Å²) >= 11 is 0. The van der Waals surface area contributed by atoms with E-state index in [1.807, 2.05) is 4.68 Å². The van der Waals surface area contributed by atoms with Crippen LogP contribution in [0.1, 0.15) is 91.2 Å². The van der Waals surface area contributed by atoms with E-state index in [9.17, 15) is 0 Å². The minimum Gasteiger partial charge on any atom is -0.252 e. The van der Waals surface area contributed by atoms with Crippen LogP contribution in [0.5, 0.6) is 0 Å². The van der Waals surface area contributed by atoms with Crippen LogP contribution in [-0.4, -0.2) is 15.0 Å². The maximum atomic E-state index is 4.29. The SMILES string of the molecule is CCCCC(C)CCCCCn1cc(CCCC(C)C)nn1. The molecule has 128 valence electrons. The van der Waals surface area contributed by atoms with Gasteiger partial charge in [0.15, 0.2) is 0 Å². The molecule has 0 aliphatic carbocycles. The highest BCUT2D eigenvalue weighted by Crippen LogP contribution is 2.16. The van der Waals surface area contributed by atoms with Gasteiger partial charge in [-0.2, -0.15) is 0 Å². The van der Waals surface area contributed by atoms with Crippen molar-refractivity contribution in [1.82, 2.24) is 15.0 Å². The van der Waals surface area contributed by atoms with Crippen molar-refractivity contribution >= 4 is 0 Å². The first-order valence-corrected chi connectivity index (χ1v) is 9.50. The third-order valence-electron chi connectivity index (χ3n) is 4.44. The molecule has 0 saturated heterocycles. The van der Waals surface area contributed by atoms with Crippen LogP contribution in [0, 0.1) is 11.8 Å². The Morgan fingerprint density at radius 2 is 1.73 bits per heavy atom. The van der Waals surface area contributed by atoms with E-state index < -0.39 is 0 Å². The lowest BCUT2D eigenvalue weighted by molar-refractivity contribution is 0.434. The zero-order valence-corrected chi connectivity index (χ0v) is 15.4. The van der Waals surface area contributed by atoms with Crippen LogP contribution >= 0.6 is 0 Å². The van der Waals surface area contributed by atoms with Crippen LogP contribution in [0.15, 0.2) is 6.20 Å². The quantitative estimate of drug-likeness (QED) is 0.441. The summed E-state index contributed by atoms with van der Waals surface area (Å²) < 4.78 is 2.03. The monoisotopic (exact) mass is 307 g/mol. The fourth-order valence-corrected chi connectivity index (χ4v) is 2.89. The third-order valence-corrected chi connectivity index (χ3v) is 4.44. The van der Waals surface area contributed by atoms with Crippen molar-refractivity contribution in [3.05, 3.63) is 11.9 Å². The molecule has 1 aromatic rings. The van der Waals surface area contributed by atoms with Crippen LogP contribution in [0.2, 0.25) is 0 Å². The first-order chi connectivity index (χ1) is 10.6. The highest BCUT2D eigenvalue weighted by Gasteiger charge is 2.03. The van der Waals surface area contributed by atoms with E-state index >= 15 is 0 Å². The number of rotatable bonds is 13. The summed E-state index contributed by atoms with van der Waals surface area (Å²) in [5.74, 6) is 1.69. The Labute approximate surface area is 137 Å². The predicted molar refractivity (Wildman–Crippen MR) is 95.0 cm³/mol. The first kappa shape index (κ1) is 19.2. The molecule has 0 aliphatic heterocycles. The van der Waals surface area contributed by atoms with Gasteiger partial charge < -0.3 is 0 Å². The highest BCUT2D eigenvalue weighted by molar-refractivity contribution is 4.92. The second-order valence-corrected chi connectivity index (χ2v) is 7.36. The summed E-state index contributed by atoms with van der Waals surface area (Å²) in [6, 6.07) is 0. The minimum atomic E-state index is 0.787. The van der Waals surface area contributed by atoms with Gasteiger partial charge in [0.05, 0.1) is 5.69 Å². The molecule has 0 aromatic carbocycles. The lowest BCUT2D eigenvalue weighted by atomic mass is 9.97. The zero-order chi connectivity index (χ0) is 16.2. The van der Waals surface area contributed by atoms with Gasteiger partial charge in [-0.25, -0.2) is 0 Å². The van der Waals surface area contributed by atoms with E-state index in [0.717, 1.165) is 30.5 Å². The summed E-state index contributed by atoms with van der Waals surface area (Å²) in [5.41, 5.74) is 1.16. The zero-order valence-electron chi connectivity index (χ0n) is 15.4. The van der Waals surface area contributed by atoms with E-state index in [4.69, 9.17) is 0 Å². The van der Waals surface area contributed by atoms with Crippen LogP contribution < -0.4 is 0 Å². The van der Waals surface area contributed by atoms with Crippen molar-refractivity contribution in [2.24, 2.45) is 11.8 Å². The molecule has 0 bridgehead atoms. The van der Waals surface area contributed by atoms with Crippen molar-refractivity contribution in [3.63, 3.8) is 0 Å². The van der Waals surface area contributed by atoms with E-state index in [2.05, 4.69) is 44.2 Å². The number of unbranched alkanes of at least 4 members (excludes halogenated alkanes) is 3. The standard InChI is InChI=1S/C19H37N3/c1-5-6-12-18(4)13-8-7-9-15-22-16-19(20-21-22)14-10-11-17(2)3/h16-18H,5-15H2,1-4H3. The maximum absolute atomic E-state index is 4.29. The molecule has 0 spiro atoms. The molecular formula is C19H37N3. The molecule has 1 unspecified atom stereocenters. The van der Waals surface area contributed by atoms with Gasteiger partial charge in [-0.1, -0.05) is 77.9 Å². The Morgan fingerprint density at radius 3 is 2.45 bits per heavy atom. The fourth-order valence-electron chi connectivity index (χ4n) is 2.89. The molecule has 0 N–H and O–H groups in total. The molecule has 3 heteroatoms. The average molecular weight is 308 g/mol. The summed E-state index contributed by atoms with van der Waals surface area (Å²) in [5, 5.41) is 8.54. The largest absolute Gasteiger partial charge is 0.252 e. The molecule has 0 saturated carbocycles. The second kappa shape index (κ2) is 11.7. The maximum Gasteiger partial charge on any atom is 0.0827 e. The van der Waals surface area contributed by atoms with Gasteiger partial charge in [0.1, 0.15) is 0 Å². The molecule has 0 radical (unpaired) electrons. The smallest absolute Gasteiger partial charge is 0.0827 e. The molecule has 1 rings (SSSR count). The summed E-state index contributed by atoms with van der Waals surface area (Å²) in [6.45, 7) is 10.3. The minimum absolute atomic E-state index is 0.787. The van der Waals surface area contributed by atoms with E-state index in [-0.39, 0.29) is 0 Å². The summed E-state index contributed by atoms with van der Waals surface area (Å²) in [7, 11) is 0. The normalized spacial score (nSPS) is 13.0. The highest BCUT2D eigenvalue weighted by atomic mass is 15.4. The number of hydrogen-bond acceptors (Lipinski definition) is 2. The van der Waals surface area contributed by atoms with Crippen molar-refractivity contribution in [2.75, 3.05) is 0 Å². The van der Waals surface area contributed by atoms with Gasteiger partial charge in [0.25, 0.3) is 0 Å². The first-order valence-electron chi connectivity index (χ1n) is 9.50. The molecule has 0 aliphatic rings. The van der Waals surface area contributed by atoms with Gasteiger partial charge in [-0.15, -0.1) is 5.10 Å². The Morgan fingerprint density at radius 1 is 0.955 bits per heavy atom. The third kappa shape index (κ3) is 9.22. The number of hydrogen-bond donors (Lipinski definition) is 0. The van der Waals surface area contributed by atoms with Gasteiger partial charge in [0, 0.05) is 12.7 Å². The Balaban J connectivity index is 2.06. The molecule has 1 atom stereocenters. The summed E-state index contributed by atoms with van der Waals surface area (Å²) in [6.07, 6.45) is 15.1. The van der Waals surface area contributed by atoms with E-state index in [0.29, 0.717) is 0 Å². The van der Waals surface area contributed by atoms with Crippen LogP contribution in [0.4, 0.5) is 0 Å². The van der Waals surface area contributed by atoms with Crippen LogP contribution in [0.25, 0.3) is 0 Å². The predicted octanol–water partition coefficient (Wildman–Crippen LogP) is 5.64. The molecule has 0 fully saturated rings. The van der Waals surface area contributed by atoms with Crippen molar-refractivity contribution in [1.29, 1.82) is 0 Å². The van der Waals surface area contributed by atoms with Crippen LogP contribution in [0.3, 0.4) is 0 Å². The molecule has 0 amide bonds. The number of aromatic nitrogens is 3. The van der Waals surface area contributed by atoms with Gasteiger partial charge in [-0.05, 0) is 31.1 Å². The van der Waals surface area contributed by atoms with Crippen molar-refractivity contribution < 1.29 is 0 Å². The molecule has 3 nitrogen and oxygen atoms in total. The molecule has 1 aromatic heterocycles. The number of aryl methyl sites for hydroxylation is 2. The second-order valence-electron chi connectivity index (χ2n) is 7.36. The van der Waals surface area contributed by atoms with Gasteiger partial charge in [0.2, 0.25) is 0 Å². The van der Waals surface area contributed by atoms with Crippen molar-refractivity contribution in [2.45, 2.75) is 98.4 Å². The fraction of sp³-hybridized carbons (Fsp3) is 0.895. The molecule has 22 heavy (non-hydrogen) atoms. The topological polar surface area (TPSA) is 30.7 Å². The molecule has 1 heterocycles. The average Bonchev–Trinajstić information content (AvgIpc) is 2.92. The lowest BCUT2D eigenvalue weighted by Crippen LogP contribution is -2.00. The number of nitrogens with zero attached hydrogens (tertiary/aromatic N) is 3. The Kier molecular flexibility index (Phi) is 10.2.